The molecule has 5 rings (SSSR count). The third kappa shape index (κ3) is 2.39. The number of para-hydroxylation sites is 1. The second-order valence-electron chi connectivity index (χ2n) is 6.87. The molecule has 1 aliphatic heterocycles. The summed E-state index contributed by atoms with van der Waals surface area (Å²) in [6.07, 6.45) is -4.53. The summed E-state index contributed by atoms with van der Waals surface area (Å²) < 4.78 is 41.5. The lowest BCUT2D eigenvalue weighted by molar-refractivity contribution is -0.166. The Morgan fingerprint density at radius 1 is 0.857 bits per heavy atom. The summed E-state index contributed by atoms with van der Waals surface area (Å²) >= 11 is 0. The van der Waals surface area contributed by atoms with E-state index in [1.807, 2.05) is 34.9 Å². The van der Waals surface area contributed by atoms with Gasteiger partial charge in [0.15, 0.2) is 0 Å². The lowest BCUT2D eigenvalue weighted by Crippen LogP contribution is -2.30. The molecule has 0 atom stereocenters. The Balaban J connectivity index is 1.56. The second-order valence-corrected chi connectivity index (χ2v) is 6.87. The number of alkyl halides is 3. The van der Waals surface area contributed by atoms with E-state index in [0.29, 0.717) is 6.54 Å². The topological polar surface area (TPSA) is 49.9 Å². The van der Waals surface area contributed by atoms with E-state index in [4.69, 9.17) is 0 Å². The molecule has 7 heteroatoms. The van der Waals surface area contributed by atoms with Gasteiger partial charge in [-0.3, -0.25) is 0 Å². The van der Waals surface area contributed by atoms with Gasteiger partial charge in [0.25, 0.3) is 0 Å². The SMILES string of the molecule is Oc1ccc2c3ccccc3n(Cc3ccc(C4(C(F)(F)F)N=N4)cc3)c2c1. The van der Waals surface area contributed by atoms with E-state index in [1.54, 1.807) is 24.3 Å². The van der Waals surface area contributed by atoms with Crippen molar-refractivity contribution in [1.82, 2.24) is 4.57 Å². The predicted octanol–water partition coefficient (Wildman–Crippen LogP) is 5.73. The zero-order chi connectivity index (χ0) is 19.5. The molecule has 0 unspecified atom stereocenters. The molecule has 0 spiro atoms. The van der Waals surface area contributed by atoms with Crippen LogP contribution in [0.1, 0.15) is 11.1 Å². The van der Waals surface area contributed by atoms with Gasteiger partial charge in [-0.1, -0.05) is 42.5 Å². The summed E-state index contributed by atoms with van der Waals surface area (Å²) in [6, 6.07) is 19.3. The molecule has 0 saturated carbocycles. The van der Waals surface area contributed by atoms with Gasteiger partial charge in [0.1, 0.15) is 5.75 Å². The lowest BCUT2D eigenvalue weighted by atomic mass is 10.0. The molecule has 4 aromatic rings. The summed E-state index contributed by atoms with van der Waals surface area (Å²) in [7, 11) is 0. The summed E-state index contributed by atoms with van der Waals surface area (Å²) in [5.41, 5.74) is 0.316. The molecule has 0 fully saturated rings. The average Bonchev–Trinajstić information content (AvgIpc) is 3.44. The number of phenols is 1. The molecule has 2 heterocycles. The maximum absolute atomic E-state index is 13.2. The van der Waals surface area contributed by atoms with Crippen LogP contribution in [0.4, 0.5) is 13.2 Å². The van der Waals surface area contributed by atoms with Gasteiger partial charge >= 0.3 is 11.8 Å². The fourth-order valence-electron chi connectivity index (χ4n) is 3.68. The highest BCUT2D eigenvalue weighted by molar-refractivity contribution is 6.08. The molecule has 1 N–H and O–H groups in total. The number of phenolic OH excluding ortho intramolecular Hbond substituents is 1. The van der Waals surface area contributed by atoms with E-state index >= 15 is 0 Å². The second kappa shape index (κ2) is 5.58. The first kappa shape index (κ1) is 16.8. The van der Waals surface area contributed by atoms with Gasteiger partial charge in [-0.15, -0.1) is 10.2 Å². The number of benzene rings is 3. The molecule has 0 bridgehead atoms. The molecule has 3 aromatic carbocycles. The van der Waals surface area contributed by atoms with Crippen molar-refractivity contribution in [2.24, 2.45) is 10.2 Å². The smallest absolute Gasteiger partial charge is 0.442 e. The molecule has 4 nitrogen and oxygen atoms in total. The van der Waals surface area contributed by atoms with Crippen molar-refractivity contribution >= 4 is 21.8 Å². The number of rotatable bonds is 3. The number of halogens is 3. The van der Waals surface area contributed by atoms with Gasteiger partial charge in [-0.05, 0) is 23.8 Å². The standard InChI is InChI=1S/C21H14F3N3O/c22-21(23,24)20(25-26-20)14-7-5-13(6-8-14)12-27-18-4-2-1-3-16(18)17-10-9-15(28)11-19(17)27/h1-11,28H,12H2. The van der Waals surface area contributed by atoms with Gasteiger partial charge in [-0.2, -0.15) is 13.2 Å². The molecule has 0 saturated heterocycles. The molecule has 1 aromatic heterocycles. The summed E-state index contributed by atoms with van der Waals surface area (Å²) in [5, 5.41) is 18.5. The summed E-state index contributed by atoms with van der Waals surface area (Å²) in [4.78, 5) is 0. The first-order valence-electron chi connectivity index (χ1n) is 8.69. The summed E-state index contributed by atoms with van der Waals surface area (Å²) in [5.74, 6) is 0.163. The van der Waals surface area contributed by atoms with Crippen LogP contribution in [0.3, 0.4) is 0 Å². The third-order valence-electron chi connectivity index (χ3n) is 5.15. The fourth-order valence-corrected chi connectivity index (χ4v) is 3.68. The molecule has 0 aliphatic carbocycles. The Labute approximate surface area is 157 Å². The largest absolute Gasteiger partial charge is 0.508 e. The molecule has 0 radical (unpaired) electrons. The van der Waals surface area contributed by atoms with Crippen LogP contribution in [0.5, 0.6) is 5.75 Å². The van der Waals surface area contributed by atoms with Crippen molar-refractivity contribution in [3.05, 3.63) is 77.9 Å². The quantitative estimate of drug-likeness (QED) is 0.484. The van der Waals surface area contributed by atoms with E-state index in [-0.39, 0.29) is 11.3 Å². The van der Waals surface area contributed by atoms with Gasteiger partial charge < -0.3 is 9.67 Å². The van der Waals surface area contributed by atoms with Crippen LogP contribution in [0.15, 0.2) is 77.0 Å². The first-order valence-corrected chi connectivity index (χ1v) is 8.69. The Morgan fingerprint density at radius 2 is 1.54 bits per heavy atom. The van der Waals surface area contributed by atoms with E-state index in [9.17, 15) is 18.3 Å². The first-order chi connectivity index (χ1) is 13.4. The van der Waals surface area contributed by atoms with E-state index in [1.165, 1.54) is 12.1 Å². The molecule has 1 aliphatic rings. The minimum absolute atomic E-state index is 0.0172. The molecular formula is C21H14F3N3O. The minimum Gasteiger partial charge on any atom is -0.508 e. The van der Waals surface area contributed by atoms with Crippen LogP contribution in [0.25, 0.3) is 21.8 Å². The van der Waals surface area contributed by atoms with E-state index in [0.717, 1.165) is 27.4 Å². The third-order valence-corrected chi connectivity index (χ3v) is 5.15. The van der Waals surface area contributed by atoms with E-state index in [2.05, 4.69) is 10.2 Å². The van der Waals surface area contributed by atoms with Crippen molar-refractivity contribution in [2.45, 2.75) is 18.4 Å². The normalized spacial score (nSPS) is 15.4. The van der Waals surface area contributed by atoms with Gasteiger partial charge in [-0.25, -0.2) is 0 Å². The molecule has 28 heavy (non-hydrogen) atoms. The number of aromatic hydroxyl groups is 1. The fraction of sp³-hybridized carbons (Fsp3) is 0.143. The predicted molar refractivity (Wildman–Crippen MR) is 99.2 cm³/mol. The average molecular weight is 381 g/mol. The van der Waals surface area contributed by atoms with Crippen molar-refractivity contribution in [3.8, 4) is 5.75 Å². The van der Waals surface area contributed by atoms with Crippen molar-refractivity contribution in [1.29, 1.82) is 0 Å². The zero-order valence-corrected chi connectivity index (χ0v) is 14.5. The van der Waals surface area contributed by atoms with Gasteiger partial charge in [0.2, 0.25) is 0 Å². The number of nitrogens with zero attached hydrogens (tertiary/aromatic N) is 3. The number of hydrogen-bond acceptors (Lipinski definition) is 3. The molecule has 140 valence electrons. The van der Waals surface area contributed by atoms with Gasteiger partial charge in [0.05, 0.1) is 5.52 Å². The highest BCUT2D eigenvalue weighted by Crippen LogP contribution is 2.52. The van der Waals surface area contributed by atoms with Crippen LogP contribution in [-0.4, -0.2) is 15.8 Å². The Hall–Kier alpha value is -3.35. The van der Waals surface area contributed by atoms with Crippen LogP contribution < -0.4 is 0 Å². The van der Waals surface area contributed by atoms with Crippen LogP contribution in [0, 0.1) is 0 Å². The maximum atomic E-state index is 13.2. The van der Waals surface area contributed by atoms with E-state index < -0.39 is 11.8 Å². The zero-order valence-electron chi connectivity index (χ0n) is 14.5. The van der Waals surface area contributed by atoms with Crippen LogP contribution in [0.2, 0.25) is 0 Å². The monoisotopic (exact) mass is 381 g/mol. The highest BCUT2D eigenvalue weighted by atomic mass is 19.4. The van der Waals surface area contributed by atoms with Gasteiger partial charge in [0, 0.05) is 34.5 Å². The molecular weight excluding hydrogens is 367 g/mol. The Bertz CT molecular complexity index is 1230. The summed E-state index contributed by atoms with van der Waals surface area (Å²) in [6.45, 7) is 0.459. The maximum Gasteiger partial charge on any atom is 0.442 e. The number of aromatic nitrogens is 1. The van der Waals surface area contributed by atoms with Crippen molar-refractivity contribution < 1.29 is 18.3 Å². The minimum atomic E-state index is -4.53. The number of fused-ring (bicyclic) bond motifs is 3. The van der Waals surface area contributed by atoms with Crippen molar-refractivity contribution in [2.75, 3.05) is 0 Å². The van der Waals surface area contributed by atoms with Crippen molar-refractivity contribution in [3.63, 3.8) is 0 Å². The highest BCUT2D eigenvalue weighted by Gasteiger charge is 2.65. The van der Waals surface area contributed by atoms with Crippen LogP contribution in [-0.2, 0) is 12.2 Å². The molecule has 0 amide bonds. The number of hydrogen-bond donors (Lipinski definition) is 1. The van der Waals surface area contributed by atoms with Crippen LogP contribution >= 0.6 is 0 Å². The lowest BCUT2D eigenvalue weighted by Gasteiger charge is -2.15. The Kier molecular flexibility index (Phi) is 3.34. The Morgan fingerprint density at radius 3 is 2.21 bits per heavy atom.